The molecule has 2 aromatic carbocycles. The van der Waals surface area contributed by atoms with E-state index in [9.17, 15) is 0 Å². The van der Waals surface area contributed by atoms with Gasteiger partial charge in [-0.3, -0.25) is 5.43 Å². The molecule has 0 aliphatic heterocycles. The van der Waals surface area contributed by atoms with Crippen molar-refractivity contribution in [3.63, 3.8) is 0 Å². The van der Waals surface area contributed by atoms with E-state index in [1.165, 1.54) is 11.3 Å². The van der Waals surface area contributed by atoms with E-state index in [1.54, 1.807) is 6.21 Å². The average molecular weight is 402 g/mol. The van der Waals surface area contributed by atoms with Crippen LogP contribution in [0.3, 0.4) is 0 Å². The number of anilines is 1. The van der Waals surface area contributed by atoms with E-state index in [0.717, 1.165) is 22.6 Å². The molecule has 27 heavy (non-hydrogen) atoms. The molecule has 0 bridgehead atoms. The molecule has 0 fully saturated rings. The lowest BCUT2D eigenvalue weighted by Crippen LogP contribution is -1.99. The summed E-state index contributed by atoms with van der Waals surface area (Å²) in [6, 6.07) is 13.3. The molecule has 0 aliphatic rings. The molecule has 5 nitrogen and oxygen atoms in total. The van der Waals surface area contributed by atoms with Crippen LogP contribution >= 0.6 is 22.9 Å². The van der Waals surface area contributed by atoms with Crippen LogP contribution in [0, 0.1) is 0 Å². The summed E-state index contributed by atoms with van der Waals surface area (Å²) in [6.45, 7) is 5.06. The second-order valence-electron chi connectivity index (χ2n) is 5.49. The van der Waals surface area contributed by atoms with Crippen LogP contribution in [-0.2, 0) is 0 Å². The van der Waals surface area contributed by atoms with Gasteiger partial charge in [0.15, 0.2) is 11.5 Å². The van der Waals surface area contributed by atoms with Gasteiger partial charge < -0.3 is 9.47 Å². The lowest BCUT2D eigenvalue weighted by Gasteiger charge is -2.11. The van der Waals surface area contributed by atoms with E-state index in [1.807, 2.05) is 61.7 Å². The van der Waals surface area contributed by atoms with Crippen molar-refractivity contribution >= 4 is 34.3 Å². The van der Waals surface area contributed by atoms with Crippen LogP contribution in [0.5, 0.6) is 11.5 Å². The predicted octanol–water partition coefficient (Wildman–Crippen LogP) is 5.71. The van der Waals surface area contributed by atoms with Crippen molar-refractivity contribution < 1.29 is 9.47 Å². The van der Waals surface area contributed by atoms with Crippen molar-refractivity contribution in [2.24, 2.45) is 5.10 Å². The third-order valence-corrected chi connectivity index (χ3v) is 4.58. The minimum atomic E-state index is 0.575. The Labute approximate surface area is 167 Å². The zero-order valence-electron chi connectivity index (χ0n) is 15.1. The highest BCUT2D eigenvalue weighted by atomic mass is 35.5. The van der Waals surface area contributed by atoms with Gasteiger partial charge in [-0.25, -0.2) is 4.98 Å². The van der Waals surface area contributed by atoms with Crippen LogP contribution in [-0.4, -0.2) is 24.4 Å². The minimum absolute atomic E-state index is 0.575. The number of hydrogen-bond donors (Lipinski definition) is 1. The summed E-state index contributed by atoms with van der Waals surface area (Å²) >= 11 is 7.41. The molecule has 0 aliphatic carbocycles. The Balaban J connectivity index is 1.67. The van der Waals surface area contributed by atoms with Crippen molar-refractivity contribution in [3.8, 4) is 22.8 Å². The first-order valence-electron chi connectivity index (χ1n) is 8.59. The van der Waals surface area contributed by atoms with Crippen LogP contribution in [0.4, 0.5) is 5.13 Å². The summed E-state index contributed by atoms with van der Waals surface area (Å²) in [4.78, 5) is 4.53. The van der Waals surface area contributed by atoms with Gasteiger partial charge in [-0.05, 0) is 49.7 Å². The number of hydrogen-bond acceptors (Lipinski definition) is 6. The second kappa shape index (κ2) is 9.39. The molecular formula is C20H20ClN3O2S. The first-order valence-corrected chi connectivity index (χ1v) is 9.85. The van der Waals surface area contributed by atoms with Crippen LogP contribution in [0.1, 0.15) is 19.4 Å². The second-order valence-corrected chi connectivity index (χ2v) is 6.78. The number of aromatic nitrogens is 1. The monoisotopic (exact) mass is 401 g/mol. The molecule has 0 saturated carbocycles. The van der Waals surface area contributed by atoms with Gasteiger partial charge in [0.1, 0.15) is 0 Å². The lowest BCUT2D eigenvalue weighted by molar-refractivity contribution is 0.288. The number of rotatable bonds is 8. The molecule has 1 aromatic heterocycles. The molecule has 0 saturated heterocycles. The molecule has 1 heterocycles. The number of nitrogens with one attached hydrogen (secondary N) is 1. The fourth-order valence-corrected chi connectivity index (χ4v) is 3.18. The third-order valence-electron chi connectivity index (χ3n) is 3.59. The number of benzene rings is 2. The van der Waals surface area contributed by atoms with Gasteiger partial charge in [-0.2, -0.15) is 5.10 Å². The number of hydrazone groups is 1. The minimum Gasteiger partial charge on any atom is -0.490 e. The van der Waals surface area contributed by atoms with Crippen molar-refractivity contribution in [2.45, 2.75) is 13.8 Å². The highest BCUT2D eigenvalue weighted by molar-refractivity contribution is 7.14. The van der Waals surface area contributed by atoms with Crippen molar-refractivity contribution in [2.75, 3.05) is 18.6 Å². The van der Waals surface area contributed by atoms with E-state index in [4.69, 9.17) is 21.1 Å². The lowest BCUT2D eigenvalue weighted by atomic mass is 10.2. The Morgan fingerprint density at radius 2 is 1.81 bits per heavy atom. The first kappa shape index (κ1) is 19.2. The van der Waals surface area contributed by atoms with Gasteiger partial charge in [0.05, 0.1) is 25.1 Å². The average Bonchev–Trinajstić information content (AvgIpc) is 3.14. The third kappa shape index (κ3) is 5.21. The van der Waals surface area contributed by atoms with Gasteiger partial charge >= 0.3 is 0 Å². The Hall–Kier alpha value is -2.57. The van der Waals surface area contributed by atoms with Crippen molar-refractivity contribution in [1.82, 2.24) is 4.98 Å². The van der Waals surface area contributed by atoms with Gasteiger partial charge in [0.25, 0.3) is 0 Å². The normalized spacial score (nSPS) is 10.9. The Morgan fingerprint density at radius 3 is 2.56 bits per heavy atom. The molecule has 140 valence electrons. The van der Waals surface area contributed by atoms with Gasteiger partial charge in [0.2, 0.25) is 5.13 Å². The molecule has 0 unspecified atom stereocenters. The summed E-state index contributed by atoms with van der Waals surface area (Å²) in [5.74, 6) is 1.44. The predicted molar refractivity (Wildman–Crippen MR) is 113 cm³/mol. The smallest absolute Gasteiger partial charge is 0.203 e. The highest BCUT2D eigenvalue weighted by Gasteiger charge is 2.06. The zero-order chi connectivity index (χ0) is 19.1. The standard InChI is InChI=1S/C20H20ClN3O2S/c1-3-25-18-10-5-14(11-19(18)26-4-2)12-22-24-20-23-17(13-27-20)15-6-8-16(21)9-7-15/h5-13H,3-4H2,1-2H3,(H,23,24)/b22-12+. The van der Waals surface area contributed by atoms with Crippen LogP contribution in [0.25, 0.3) is 11.3 Å². The maximum Gasteiger partial charge on any atom is 0.203 e. The van der Waals surface area contributed by atoms with Crippen molar-refractivity contribution in [3.05, 3.63) is 58.4 Å². The molecule has 3 rings (SSSR count). The molecule has 0 radical (unpaired) electrons. The quantitative estimate of drug-likeness (QED) is 0.388. The van der Waals surface area contributed by atoms with Gasteiger partial charge in [-0.15, -0.1) is 11.3 Å². The maximum absolute atomic E-state index is 5.92. The molecule has 0 amide bonds. The Bertz CT molecular complexity index is 910. The summed E-state index contributed by atoms with van der Waals surface area (Å²) in [7, 11) is 0. The molecule has 0 spiro atoms. The van der Waals surface area contributed by atoms with Crippen LogP contribution in [0.2, 0.25) is 5.02 Å². The van der Waals surface area contributed by atoms with Crippen LogP contribution < -0.4 is 14.9 Å². The van der Waals surface area contributed by atoms with Gasteiger partial charge in [-0.1, -0.05) is 23.7 Å². The molecule has 3 aromatic rings. The zero-order valence-corrected chi connectivity index (χ0v) is 16.7. The largest absolute Gasteiger partial charge is 0.490 e. The van der Waals surface area contributed by atoms with E-state index in [2.05, 4.69) is 15.5 Å². The molecule has 1 N–H and O–H groups in total. The van der Waals surface area contributed by atoms with Crippen molar-refractivity contribution in [1.29, 1.82) is 0 Å². The Kier molecular flexibility index (Phi) is 6.68. The fourth-order valence-electron chi connectivity index (χ4n) is 2.39. The Morgan fingerprint density at radius 1 is 1.07 bits per heavy atom. The summed E-state index contributed by atoms with van der Waals surface area (Å²) < 4.78 is 11.2. The topological polar surface area (TPSA) is 55.7 Å². The maximum atomic E-state index is 5.92. The molecule has 0 atom stereocenters. The molecular weight excluding hydrogens is 382 g/mol. The number of thiazole rings is 1. The number of halogens is 1. The summed E-state index contributed by atoms with van der Waals surface area (Å²) in [6.07, 6.45) is 1.72. The molecule has 7 heteroatoms. The van der Waals surface area contributed by atoms with E-state index in [-0.39, 0.29) is 0 Å². The van der Waals surface area contributed by atoms with E-state index < -0.39 is 0 Å². The van der Waals surface area contributed by atoms with E-state index >= 15 is 0 Å². The van der Waals surface area contributed by atoms with Crippen LogP contribution in [0.15, 0.2) is 52.9 Å². The first-order chi connectivity index (χ1) is 13.2. The van der Waals surface area contributed by atoms with Gasteiger partial charge in [0, 0.05) is 16.0 Å². The fraction of sp³-hybridized carbons (Fsp3) is 0.200. The van der Waals surface area contributed by atoms with E-state index in [0.29, 0.717) is 29.1 Å². The number of ether oxygens (including phenoxy) is 2. The number of nitrogens with zero attached hydrogens (tertiary/aromatic N) is 2. The summed E-state index contributed by atoms with van der Waals surface area (Å²) in [5.41, 5.74) is 5.77. The SMILES string of the molecule is CCOc1ccc(/C=N/Nc2nc(-c3ccc(Cl)cc3)cs2)cc1OCC. The highest BCUT2D eigenvalue weighted by Crippen LogP contribution is 2.28. The summed E-state index contributed by atoms with van der Waals surface area (Å²) in [5, 5.41) is 7.66.